The van der Waals surface area contributed by atoms with Crippen LogP contribution in [0.5, 0.6) is 0 Å². The van der Waals surface area contributed by atoms with Crippen molar-refractivity contribution in [2.75, 3.05) is 7.11 Å². The Labute approximate surface area is 129 Å². The van der Waals surface area contributed by atoms with Crippen LogP contribution in [0.15, 0.2) is 33.9 Å². The maximum Gasteiger partial charge on any atom is 0.413 e. The van der Waals surface area contributed by atoms with Crippen molar-refractivity contribution in [3.8, 4) is 11.5 Å². The molecule has 1 N–H and O–H groups in total. The number of hydrogen-bond donors (Lipinski definition) is 1. The van der Waals surface area contributed by atoms with E-state index in [9.17, 15) is 14.0 Å². The average Bonchev–Trinajstić information content (AvgIpc) is 2.95. The Morgan fingerprint density at radius 2 is 2.09 bits per heavy atom. The summed E-state index contributed by atoms with van der Waals surface area (Å²) < 4.78 is 23.2. The molecule has 0 saturated heterocycles. The molecule has 1 aromatic carbocycles. The largest absolute Gasteiger partial charge is 0.453 e. The minimum Gasteiger partial charge on any atom is -0.453 e. The number of halogens is 1. The average molecular weight is 325 g/mol. The summed E-state index contributed by atoms with van der Waals surface area (Å²) in [6.45, 7) is 1.55. The predicted molar refractivity (Wildman–Crippen MR) is 75.6 cm³/mol. The second-order valence-electron chi connectivity index (χ2n) is 4.09. The van der Waals surface area contributed by atoms with Crippen molar-refractivity contribution < 1.29 is 23.1 Å². The van der Waals surface area contributed by atoms with Gasteiger partial charge in [-0.05, 0) is 19.1 Å². The van der Waals surface area contributed by atoms with Crippen LogP contribution in [0.4, 0.5) is 9.18 Å². The third-order valence-corrected chi connectivity index (χ3v) is 3.50. The molecule has 2 amide bonds. The summed E-state index contributed by atoms with van der Waals surface area (Å²) in [5.74, 6) is -1.04. The lowest BCUT2D eigenvalue weighted by Gasteiger charge is -2.07. The van der Waals surface area contributed by atoms with Crippen molar-refractivity contribution in [2.45, 2.75) is 17.4 Å². The van der Waals surface area contributed by atoms with Gasteiger partial charge in [0.2, 0.25) is 5.91 Å². The number of imide groups is 1. The summed E-state index contributed by atoms with van der Waals surface area (Å²) >= 11 is 0.943. The summed E-state index contributed by atoms with van der Waals surface area (Å²) in [5.41, 5.74) is 0.175. The van der Waals surface area contributed by atoms with Crippen molar-refractivity contribution in [3.63, 3.8) is 0 Å². The van der Waals surface area contributed by atoms with Crippen LogP contribution in [0.2, 0.25) is 0 Å². The lowest BCUT2D eigenvalue weighted by molar-refractivity contribution is -0.119. The Morgan fingerprint density at radius 1 is 1.36 bits per heavy atom. The molecule has 0 unspecified atom stereocenters. The highest BCUT2D eigenvalue weighted by Crippen LogP contribution is 2.27. The number of alkyl carbamates (subject to hydrolysis) is 1. The maximum absolute atomic E-state index is 13.6. The van der Waals surface area contributed by atoms with Gasteiger partial charge in [0.15, 0.2) is 0 Å². The molecule has 0 aliphatic heterocycles. The number of hydrogen-bond acceptors (Lipinski definition) is 7. The number of rotatable bonds is 4. The van der Waals surface area contributed by atoms with E-state index in [4.69, 9.17) is 4.42 Å². The van der Waals surface area contributed by atoms with Gasteiger partial charge in [-0.15, -0.1) is 10.2 Å². The van der Waals surface area contributed by atoms with Crippen LogP contribution in [0.3, 0.4) is 0 Å². The van der Waals surface area contributed by atoms with Gasteiger partial charge in [0.25, 0.3) is 11.1 Å². The minimum atomic E-state index is -0.852. The molecular weight excluding hydrogens is 313 g/mol. The first kappa shape index (κ1) is 16.0. The van der Waals surface area contributed by atoms with Crippen molar-refractivity contribution in [2.24, 2.45) is 0 Å². The van der Waals surface area contributed by atoms with Crippen molar-refractivity contribution >= 4 is 23.8 Å². The van der Waals surface area contributed by atoms with E-state index in [1.165, 1.54) is 12.1 Å². The molecular formula is C13H12FN3O4S. The topological polar surface area (TPSA) is 94.3 Å². The number of carbonyl (C=O) groups is 2. The summed E-state index contributed by atoms with van der Waals surface area (Å²) in [6.07, 6.45) is -0.852. The highest BCUT2D eigenvalue weighted by molar-refractivity contribution is 8.00. The molecule has 1 aromatic heterocycles. The van der Waals surface area contributed by atoms with Crippen molar-refractivity contribution in [1.82, 2.24) is 15.5 Å². The van der Waals surface area contributed by atoms with Crippen molar-refractivity contribution in [3.05, 3.63) is 30.1 Å². The number of methoxy groups -OCH3 is 1. The van der Waals surface area contributed by atoms with Crippen LogP contribution in [-0.4, -0.2) is 34.6 Å². The number of nitrogens with one attached hydrogen (secondary N) is 1. The monoisotopic (exact) mass is 325 g/mol. The Bertz CT molecular complexity index is 691. The molecule has 9 heteroatoms. The number of amides is 2. The molecule has 0 spiro atoms. The van der Waals surface area contributed by atoms with E-state index in [0.717, 1.165) is 18.9 Å². The van der Waals surface area contributed by atoms with Crippen molar-refractivity contribution in [1.29, 1.82) is 0 Å². The van der Waals surface area contributed by atoms with Crippen LogP contribution in [-0.2, 0) is 9.53 Å². The van der Waals surface area contributed by atoms with E-state index in [1.807, 2.05) is 5.32 Å². The summed E-state index contributed by atoms with van der Waals surface area (Å²) in [4.78, 5) is 22.6. The van der Waals surface area contributed by atoms with Gasteiger partial charge in [-0.25, -0.2) is 9.18 Å². The maximum atomic E-state index is 13.6. The van der Waals surface area contributed by atoms with E-state index in [1.54, 1.807) is 19.1 Å². The molecule has 0 bridgehead atoms. The van der Waals surface area contributed by atoms with E-state index in [-0.39, 0.29) is 16.7 Å². The summed E-state index contributed by atoms with van der Waals surface area (Å²) in [5, 5.41) is 8.92. The van der Waals surface area contributed by atoms with Crippen LogP contribution in [0.25, 0.3) is 11.5 Å². The summed E-state index contributed by atoms with van der Waals surface area (Å²) in [6, 6.07) is 5.97. The van der Waals surface area contributed by atoms with Gasteiger partial charge in [0.1, 0.15) is 5.82 Å². The molecule has 0 aliphatic rings. The fourth-order valence-corrected chi connectivity index (χ4v) is 2.14. The first-order valence-electron chi connectivity index (χ1n) is 6.15. The van der Waals surface area contributed by atoms with Gasteiger partial charge in [-0.2, -0.15) is 0 Å². The number of aromatic nitrogens is 2. The number of ether oxygens (including phenoxy) is 1. The molecule has 116 valence electrons. The third kappa shape index (κ3) is 3.82. The number of thioether (sulfide) groups is 1. The first-order chi connectivity index (χ1) is 10.5. The van der Waals surface area contributed by atoms with Gasteiger partial charge < -0.3 is 9.15 Å². The van der Waals surface area contributed by atoms with Gasteiger partial charge in [-0.3, -0.25) is 10.1 Å². The van der Waals surface area contributed by atoms with Crippen LogP contribution >= 0.6 is 11.8 Å². The second kappa shape index (κ2) is 7.03. The zero-order chi connectivity index (χ0) is 16.1. The smallest absolute Gasteiger partial charge is 0.413 e. The highest BCUT2D eigenvalue weighted by atomic mass is 32.2. The lowest BCUT2D eigenvalue weighted by atomic mass is 10.2. The van der Waals surface area contributed by atoms with E-state index < -0.39 is 23.1 Å². The molecule has 0 aliphatic carbocycles. The lowest BCUT2D eigenvalue weighted by Crippen LogP contribution is -2.35. The molecule has 2 rings (SSSR count). The van der Waals surface area contributed by atoms with Crippen LogP contribution in [0.1, 0.15) is 6.92 Å². The second-order valence-corrected chi connectivity index (χ2v) is 5.39. The molecule has 0 fully saturated rings. The van der Waals surface area contributed by atoms with E-state index in [0.29, 0.717) is 0 Å². The van der Waals surface area contributed by atoms with Crippen LogP contribution < -0.4 is 5.32 Å². The fraction of sp³-hybridized carbons (Fsp3) is 0.231. The van der Waals surface area contributed by atoms with Crippen LogP contribution in [0, 0.1) is 5.82 Å². The minimum absolute atomic E-state index is 0.0150. The van der Waals surface area contributed by atoms with Gasteiger partial charge >= 0.3 is 6.09 Å². The zero-order valence-corrected chi connectivity index (χ0v) is 12.5. The predicted octanol–water partition coefficient (Wildman–Crippen LogP) is 2.24. The third-order valence-electron chi connectivity index (χ3n) is 2.57. The highest BCUT2D eigenvalue weighted by Gasteiger charge is 2.21. The van der Waals surface area contributed by atoms with Gasteiger partial charge in [0, 0.05) is 0 Å². The zero-order valence-electron chi connectivity index (χ0n) is 11.7. The number of benzene rings is 1. The SMILES string of the molecule is COC(=O)NC(=O)[C@@H](C)Sc1nnc(-c2ccccc2F)o1. The fourth-order valence-electron chi connectivity index (χ4n) is 1.46. The normalized spacial score (nSPS) is 11.8. The molecule has 1 atom stereocenters. The van der Waals surface area contributed by atoms with Gasteiger partial charge in [0.05, 0.1) is 17.9 Å². The molecule has 0 radical (unpaired) electrons. The number of nitrogens with zero attached hydrogens (tertiary/aromatic N) is 2. The summed E-state index contributed by atoms with van der Waals surface area (Å²) in [7, 11) is 1.15. The van der Waals surface area contributed by atoms with E-state index in [2.05, 4.69) is 14.9 Å². The molecule has 1 heterocycles. The molecule has 7 nitrogen and oxygen atoms in total. The Morgan fingerprint density at radius 3 is 2.77 bits per heavy atom. The molecule has 0 saturated carbocycles. The van der Waals surface area contributed by atoms with E-state index >= 15 is 0 Å². The molecule has 22 heavy (non-hydrogen) atoms. The Balaban J connectivity index is 2.05. The van der Waals surface area contributed by atoms with Gasteiger partial charge in [-0.1, -0.05) is 23.9 Å². The quantitative estimate of drug-likeness (QED) is 0.861. The first-order valence-corrected chi connectivity index (χ1v) is 7.03. The molecule has 2 aromatic rings. The Hall–Kier alpha value is -2.42. The standard InChI is InChI=1S/C13H12FN3O4S/c1-7(10(18)15-12(19)20-2)22-13-17-16-11(21-13)8-5-3-4-6-9(8)14/h3-7H,1-2H3,(H,15,18,19)/t7-/m1/s1. The Kier molecular flexibility index (Phi) is 5.10. The number of carbonyl (C=O) groups excluding carboxylic acids is 2.